The van der Waals surface area contributed by atoms with Gasteiger partial charge in [-0.3, -0.25) is 14.5 Å². The van der Waals surface area contributed by atoms with Gasteiger partial charge in [-0.2, -0.15) is 0 Å². The highest BCUT2D eigenvalue weighted by molar-refractivity contribution is 8.26. The molecule has 0 aliphatic carbocycles. The molecule has 0 saturated carbocycles. The quantitative estimate of drug-likeness (QED) is 0.438. The number of thioether (sulfide) groups is 1. The fourth-order valence-corrected chi connectivity index (χ4v) is 3.51. The van der Waals surface area contributed by atoms with Gasteiger partial charge in [0.1, 0.15) is 10.9 Å². The third-order valence-electron chi connectivity index (χ3n) is 3.70. The Kier molecular flexibility index (Phi) is 6.41. The van der Waals surface area contributed by atoms with Gasteiger partial charge in [-0.05, 0) is 29.0 Å². The summed E-state index contributed by atoms with van der Waals surface area (Å²) in [6.45, 7) is 8.61. The maximum absolute atomic E-state index is 12.5. The zero-order valence-corrected chi connectivity index (χ0v) is 16.6. The summed E-state index contributed by atoms with van der Waals surface area (Å²) in [5, 5.41) is 0. The third-order valence-corrected chi connectivity index (χ3v) is 5.08. The Morgan fingerprint density at radius 1 is 1.28 bits per heavy atom. The van der Waals surface area contributed by atoms with Gasteiger partial charge in [0.05, 0.1) is 11.5 Å². The predicted octanol–water partition coefficient (Wildman–Crippen LogP) is 4.14. The number of rotatable bonds is 5. The first-order valence-corrected chi connectivity index (χ1v) is 9.46. The number of nitrogens with zero attached hydrogens (tertiary/aromatic N) is 1. The Morgan fingerprint density at radius 3 is 2.48 bits per heavy atom. The Labute approximate surface area is 158 Å². The van der Waals surface area contributed by atoms with E-state index < -0.39 is 5.97 Å². The van der Waals surface area contributed by atoms with Crippen molar-refractivity contribution in [2.45, 2.75) is 39.5 Å². The molecule has 0 spiro atoms. The van der Waals surface area contributed by atoms with E-state index in [0.717, 1.165) is 12.0 Å². The molecule has 0 unspecified atom stereocenters. The summed E-state index contributed by atoms with van der Waals surface area (Å²) >= 11 is 6.44. The molecule has 1 heterocycles. The van der Waals surface area contributed by atoms with Crippen LogP contribution >= 0.6 is 24.0 Å². The molecule has 0 bridgehead atoms. The molecule has 1 fully saturated rings. The number of esters is 1. The molecule has 134 valence electrons. The lowest BCUT2D eigenvalue weighted by molar-refractivity contribution is -0.146. The number of carbonyl (C=O) groups excluding carboxylic acids is 2. The first-order chi connectivity index (χ1) is 11.7. The monoisotopic (exact) mass is 377 g/mol. The normalized spacial score (nSPS) is 16.6. The standard InChI is InChI=1S/C19H23NO3S2/c1-5-10-23-16(21)12-20-17(22)15(25-18(20)24)11-13-6-8-14(9-7-13)19(2,3)4/h6-9,11H,5,10,12H2,1-4H3/b15-11-. The number of thiocarbonyl (C=S) groups is 1. The van der Waals surface area contributed by atoms with Crippen LogP contribution in [0.15, 0.2) is 29.2 Å². The van der Waals surface area contributed by atoms with Crippen molar-refractivity contribution in [2.24, 2.45) is 0 Å². The fraction of sp³-hybridized carbons (Fsp3) is 0.421. The largest absolute Gasteiger partial charge is 0.464 e. The first kappa shape index (κ1) is 19.7. The van der Waals surface area contributed by atoms with Crippen molar-refractivity contribution in [3.05, 3.63) is 40.3 Å². The van der Waals surface area contributed by atoms with E-state index in [1.165, 1.54) is 22.2 Å². The second-order valence-electron chi connectivity index (χ2n) is 6.86. The van der Waals surface area contributed by atoms with Crippen molar-refractivity contribution in [3.63, 3.8) is 0 Å². The summed E-state index contributed by atoms with van der Waals surface area (Å²) in [5.74, 6) is -0.683. The molecule has 1 aromatic carbocycles. The number of benzene rings is 1. The second kappa shape index (κ2) is 8.15. The van der Waals surface area contributed by atoms with Gasteiger partial charge in [-0.15, -0.1) is 0 Å². The first-order valence-electron chi connectivity index (χ1n) is 8.24. The zero-order valence-electron chi connectivity index (χ0n) is 15.0. The minimum absolute atomic E-state index is 0.0841. The molecule has 1 aliphatic heterocycles. The van der Waals surface area contributed by atoms with Crippen LogP contribution in [-0.4, -0.2) is 34.2 Å². The molecule has 0 atom stereocenters. The Bertz CT molecular complexity index is 702. The van der Waals surface area contributed by atoms with Gasteiger partial charge >= 0.3 is 5.97 Å². The van der Waals surface area contributed by atoms with Crippen LogP contribution in [0.4, 0.5) is 0 Å². The van der Waals surface area contributed by atoms with E-state index >= 15 is 0 Å². The highest BCUT2D eigenvalue weighted by atomic mass is 32.2. The van der Waals surface area contributed by atoms with Crippen LogP contribution in [0, 0.1) is 0 Å². The summed E-state index contributed by atoms with van der Waals surface area (Å²) in [6.07, 6.45) is 2.55. The van der Waals surface area contributed by atoms with E-state index in [1.54, 1.807) is 0 Å². The molecular weight excluding hydrogens is 354 g/mol. The molecule has 1 amide bonds. The average Bonchev–Trinajstić information content (AvgIpc) is 2.80. The molecule has 6 heteroatoms. The lowest BCUT2D eigenvalue weighted by Crippen LogP contribution is -2.34. The summed E-state index contributed by atoms with van der Waals surface area (Å²) in [6, 6.07) is 8.11. The van der Waals surface area contributed by atoms with Crippen molar-refractivity contribution in [3.8, 4) is 0 Å². The molecule has 2 rings (SSSR count). The van der Waals surface area contributed by atoms with E-state index in [0.29, 0.717) is 15.8 Å². The summed E-state index contributed by atoms with van der Waals surface area (Å²) in [7, 11) is 0. The van der Waals surface area contributed by atoms with Gasteiger partial charge in [0.15, 0.2) is 0 Å². The van der Waals surface area contributed by atoms with Crippen LogP contribution in [0.3, 0.4) is 0 Å². The van der Waals surface area contributed by atoms with Gasteiger partial charge in [-0.25, -0.2) is 0 Å². The van der Waals surface area contributed by atoms with Gasteiger partial charge in [0.2, 0.25) is 0 Å². The highest BCUT2D eigenvalue weighted by Crippen LogP contribution is 2.32. The summed E-state index contributed by atoms with van der Waals surface area (Å²) < 4.78 is 5.41. The van der Waals surface area contributed by atoms with E-state index in [2.05, 4.69) is 32.9 Å². The maximum Gasteiger partial charge on any atom is 0.326 e. The molecule has 1 aromatic rings. The van der Waals surface area contributed by atoms with Gasteiger partial charge in [0.25, 0.3) is 5.91 Å². The number of carbonyl (C=O) groups is 2. The van der Waals surface area contributed by atoms with Crippen molar-refractivity contribution in [1.82, 2.24) is 4.90 Å². The second-order valence-corrected chi connectivity index (χ2v) is 8.54. The lowest BCUT2D eigenvalue weighted by atomic mass is 9.87. The maximum atomic E-state index is 12.5. The van der Waals surface area contributed by atoms with Gasteiger partial charge in [0, 0.05) is 0 Å². The molecule has 1 aliphatic rings. The minimum Gasteiger partial charge on any atom is -0.464 e. The molecule has 1 saturated heterocycles. The van der Waals surface area contributed by atoms with Crippen LogP contribution < -0.4 is 0 Å². The zero-order chi connectivity index (χ0) is 18.6. The SMILES string of the molecule is CCCOC(=O)CN1C(=O)/C(=C/c2ccc(C(C)(C)C)cc2)SC1=S. The van der Waals surface area contributed by atoms with Gasteiger partial charge in [-0.1, -0.05) is 75.9 Å². The number of amides is 1. The molecule has 4 nitrogen and oxygen atoms in total. The number of ether oxygens (including phenoxy) is 1. The van der Waals surface area contributed by atoms with E-state index in [9.17, 15) is 9.59 Å². The summed E-state index contributed by atoms with van der Waals surface area (Å²) in [5.41, 5.74) is 2.25. The summed E-state index contributed by atoms with van der Waals surface area (Å²) in [4.78, 5) is 26.1. The van der Waals surface area contributed by atoms with E-state index in [-0.39, 0.29) is 17.9 Å². The average molecular weight is 378 g/mol. The molecule has 0 aromatic heterocycles. The van der Waals surface area contributed by atoms with Crippen LogP contribution in [0.2, 0.25) is 0 Å². The molecule has 0 N–H and O–H groups in total. The van der Waals surface area contributed by atoms with Crippen LogP contribution in [-0.2, 0) is 19.7 Å². The van der Waals surface area contributed by atoms with Crippen molar-refractivity contribution in [2.75, 3.05) is 13.2 Å². The Balaban J connectivity index is 2.10. The topological polar surface area (TPSA) is 46.6 Å². The van der Waals surface area contributed by atoms with Crippen molar-refractivity contribution in [1.29, 1.82) is 0 Å². The van der Waals surface area contributed by atoms with Crippen LogP contribution in [0.1, 0.15) is 45.2 Å². The van der Waals surface area contributed by atoms with Crippen LogP contribution in [0.25, 0.3) is 6.08 Å². The fourth-order valence-electron chi connectivity index (χ4n) is 2.26. The highest BCUT2D eigenvalue weighted by Gasteiger charge is 2.33. The minimum atomic E-state index is -0.436. The van der Waals surface area contributed by atoms with Crippen LogP contribution in [0.5, 0.6) is 0 Å². The van der Waals surface area contributed by atoms with Gasteiger partial charge < -0.3 is 4.74 Å². The number of hydrogen-bond acceptors (Lipinski definition) is 5. The van der Waals surface area contributed by atoms with Crippen molar-refractivity contribution < 1.29 is 14.3 Å². The Morgan fingerprint density at radius 2 is 1.92 bits per heavy atom. The van der Waals surface area contributed by atoms with Crippen molar-refractivity contribution >= 4 is 46.3 Å². The molecule has 25 heavy (non-hydrogen) atoms. The molecule has 0 radical (unpaired) electrons. The smallest absolute Gasteiger partial charge is 0.326 e. The Hall–Kier alpha value is -1.66. The lowest BCUT2D eigenvalue weighted by Gasteiger charge is -2.18. The molecular formula is C19H23NO3S2. The van der Waals surface area contributed by atoms with E-state index in [4.69, 9.17) is 17.0 Å². The number of hydrogen-bond donors (Lipinski definition) is 0. The third kappa shape index (κ3) is 5.16. The van der Waals surface area contributed by atoms with E-state index in [1.807, 2.05) is 25.1 Å². The predicted molar refractivity (Wildman–Crippen MR) is 106 cm³/mol.